The minimum atomic E-state index is -1.29. The average molecular weight is 288 g/mol. The summed E-state index contributed by atoms with van der Waals surface area (Å²) >= 11 is 5.87. The normalized spacial score (nSPS) is 12.6. The van der Waals surface area contributed by atoms with Crippen LogP contribution in [0.3, 0.4) is 0 Å². The minimum absolute atomic E-state index is 0.0608. The van der Waals surface area contributed by atoms with Gasteiger partial charge in [0.1, 0.15) is 11.6 Å². The van der Waals surface area contributed by atoms with Gasteiger partial charge in [-0.25, -0.2) is 4.39 Å². The molecule has 0 aliphatic heterocycles. The Kier molecular flexibility index (Phi) is 4.14. The van der Waals surface area contributed by atoms with E-state index in [9.17, 15) is 8.60 Å². The second kappa shape index (κ2) is 5.63. The first kappa shape index (κ1) is 13.2. The van der Waals surface area contributed by atoms with Crippen molar-refractivity contribution in [2.45, 2.75) is 18.4 Å². The molecule has 96 valence electrons. The van der Waals surface area contributed by atoms with Crippen LogP contribution >= 0.6 is 11.6 Å². The van der Waals surface area contributed by atoms with Crippen LogP contribution in [0.25, 0.3) is 0 Å². The Bertz CT molecular complexity index is 565. The van der Waals surface area contributed by atoms with Gasteiger partial charge in [-0.3, -0.25) is 4.21 Å². The van der Waals surface area contributed by atoms with Crippen molar-refractivity contribution in [3.05, 3.63) is 52.1 Å². The zero-order valence-corrected chi connectivity index (χ0v) is 11.2. The Labute approximate surface area is 111 Å². The predicted octanol–water partition coefficient (Wildman–Crippen LogP) is 3.22. The molecule has 0 amide bonds. The summed E-state index contributed by atoms with van der Waals surface area (Å²) < 4.78 is 30.4. The minimum Gasteiger partial charge on any atom is -0.360 e. The smallest absolute Gasteiger partial charge is 0.149 e. The van der Waals surface area contributed by atoms with Crippen molar-refractivity contribution in [3.8, 4) is 0 Å². The van der Waals surface area contributed by atoms with E-state index in [4.69, 9.17) is 16.1 Å². The first-order valence-electron chi connectivity index (χ1n) is 5.26. The molecule has 2 aromatic rings. The summed E-state index contributed by atoms with van der Waals surface area (Å²) in [5, 5.41) is 3.99. The zero-order chi connectivity index (χ0) is 13.1. The Morgan fingerprint density at radius 2 is 2.22 bits per heavy atom. The third kappa shape index (κ3) is 3.17. The topological polar surface area (TPSA) is 43.1 Å². The van der Waals surface area contributed by atoms with E-state index in [-0.39, 0.29) is 22.1 Å². The lowest BCUT2D eigenvalue weighted by molar-refractivity contribution is 0.390. The molecule has 6 heteroatoms. The second-order valence-electron chi connectivity index (χ2n) is 3.86. The molecule has 1 aromatic carbocycles. The lowest BCUT2D eigenvalue weighted by Crippen LogP contribution is -2.01. The van der Waals surface area contributed by atoms with Crippen molar-refractivity contribution >= 4 is 22.4 Å². The summed E-state index contributed by atoms with van der Waals surface area (Å²) in [6.07, 6.45) is 0. The van der Waals surface area contributed by atoms with Crippen molar-refractivity contribution in [3.63, 3.8) is 0 Å². The third-order valence-corrected chi connectivity index (χ3v) is 3.92. The summed E-state index contributed by atoms with van der Waals surface area (Å²) in [4.78, 5) is 0. The number of rotatable bonds is 4. The van der Waals surface area contributed by atoms with Gasteiger partial charge >= 0.3 is 0 Å². The summed E-state index contributed by atoms with van der Waals surface area (Å²) in [6, 6.07) is 6.11. The number of nitrogens with zero attached hydrogens (tertiary/aromatic N) is 1. The monoisotopic (exact) mass is 287 g/mol. The molecular formula is C12H11ClFNO2S. The maximum absolute atomic E-state index is 13.5. The molecule has 2 rings (SSSR count). The van der Waals surface area contributed by atoms with Gasteiger partial charge in [-0.05, 0) is 19.1 Å². The van der Waals surface area contributed by atoms with E-state index in [0.29, 0.717) is 5.76 Å². The van der Waals surface area contributed by atoms with Gasteiger partial charge in [0.2, 0.25) is 0 Å². The highest BCUT2D eigenvalue weighted by atomic mass is 35.5. The maximum Gasteiger partial charge on any atom is 0.149 e. The Morgan fingerprint density at radius 1 is 1.44 bits per heavy atom. The molecule has 3 nitrogen and oxygen atoms in total. The first-order chi connectivity index (χ1) is 8.56. The number of halogens is 2. The molecule has 0 bridgehead atoms. The van der Waals surface area contributed by atoms with Gasteiger partial charge in [0.25, 0.3) is 0 Å². The Hall–Kier alpha value is -1.20. The average Bonchev–Trinajstić information content (AvgIpc) is 2.69. The molecule has 1 atom stereocenters. The first-order valence-corrected chi connectivity index (χ1v) is 7.13. The van der Waals surface area contributed by atoms with Crippen LogP contribution in [0.1, 0.15) is 17.0 Å². The molecule has 0 aliphatic carbocycles. The lowest BCUT2D eigenvalue weighted by Gasteiger charge is -2.04. The van der Waals surface area contributed by atoms with Crippen molar-refractivity contribution in [2.75, 3.05) is 0 Å². The van der Waals surface area contributed by atoms with Gasteiger partial charge in [0.05, 0.1) is 17.2 Å². The van der Waals surface area contributed by atoms with Crippen LogP contribution in [0, 0.1) is 12.7 Å². The molecule has 0 spiro atoms. The van der Waals surface area contributed by atoms with Crippen LogP contribution < -0.4 is 0 Å². The molecule has 18 heavy (non-hydrogen) atoms. The summed E-state index contributed by atoms with van der Waals surface area (Å²) in [5.41, 5.74) is 1.000. The SMILES string of the molecule is Cc1cc(C[S@@](=O)Cc2c(F)cccc2Cl)on1. The number of benzene rings is 1. The van der Waals surface area contributed by atoms with E-state index in [1.54, 1.807) is 19.1 Å². The largest absolute Gasteiger partial charge is 0.360 e. The number of aromatic nitrogens is 1. The molecule has 1 heterocycles. The van der Waals surface area contributed by atoms with Gasteiger partial charge < -0.3 is 4.52 Å². The van der Waals surface area contributed by atoms with Crippen LogP contribution in [0.15, 0.2) is 28.8 Å². The summed E-state index contributed by atoms with van der Waals surface area (Å²) in [6.45, 7) is 1.78. The van der Waals surface area contributed by atoms with Gasteiger partial charge in [0, 0.05) is 27.5 Å². The lowest BCUT2D eigenvalue weighted by atomic mass is 10.2. The van der Waals surface area contributed by atoms with E-state index in [1.807, 2.05) is 0 Å². The van der Waals surface area contributed by atoms with Gasteiger partial charge in [0.15, 0.2) is 0 Å². The van der Waals surface area contributed by atoms with Crippen LogP contribution in [-0.2, 0) is 22.3 Å². The van der Waals surface area contributed by atoms with Crippen LogP contribution in [-0.4, -0.2) is 9.37 Å². The van der Waals surface area contributed by atoms with Crippen LogP contribution in [0.2, 0.25) is 5.02 Å². The molecular weight excluding hydrogens is 277 g/mol. The molecule has 1 aromatic heterocycles. The van der Waals surface area contributed by atoms with Crippen LogP contribution in [0.4, 0.5) is 4.39 Å². The third-order valence-electron chi connectivity index (χ3n) is 2.35. The van der Waals surface area contributed by atoms with E-state index < -0.39 is 16.6 Å². The Balaban J connectivity index is 2.08. The van der Waals surface area contributed by atoms with Crippen molar-refractivity contribution in [1.29, 1.82) is 0 Å². The van der Waals surface area contributed by atoms with Gasteiger partial charge in [-0.2, -0.15) is 0 Å². The molecule has 0 saturated carbocycles. The molecule has 0 radical (unpaired) electrons. The van der Waals surface area contributed by atoms with E-state index in [2.05, 4.69) is 5.16 Å². The number of hydrogen-bond acceptors (Lipinski definition) is 3. The van der Waals surface area contributed by atoms with Crippen molar-refractivity contribution < 1.29 is 13.1 Å². The molecule has 0 N–H and O–H groups in total. The predicted molar refractivity (Wildman–Crippen MR) is 68.2 cm³/mol. The molecule has 0 unspecified atom stereocenters. The fourth-order valence-electron chi connectivity index (χ4n) is 1.53. The van der Waals surface area contributed by atoms with E-state index in [1.165, 1.54) is 12.1 Å². The van der Waals surface area contributed by atoms with Crippen molar-refractivity contribution in [1.82, 2.24) is 5.16 Å². The highest BCUT2D eigenvalue weighted by molar-refractivity contribution is 7.83. The molecule has 0 saturated heterocycles. The highest BCUT2D eigenvalue weighted by Crippen LogP contribution is 2.21. The van der Waals surface area contributed by atoms with E-state index >= 15 is 0 Å². The zero-order valence-electron chi connectivity index (χ0n) is 9.65. The second-order valence-corrected chi connectivity index (χ2v) is 5.73. The quantitative estimate of drug-likeness (QED) is 0.867. The molecule has 0 fully saturated rings. The van der Waals surface area contributed by atoms with Crippen LogP contribution in [0.5, 0.6) is 0 Å². The fourth-order valence-corrected chi connectivity index (χ4v) is 3.01. The number of aryl methyl sites for hydroxylation is 1. The van der Waals surface area contributed by atoms with E-state index in [0.717, 1.165) is 5.69 Å². The van der Waals surface area contributed by atoms with Gasteiger partial charge in [-0.15, -0.1) is 0 Å². The Morgan fingerprint density at radius 3 is 2.83 bits per heavy atom. The fraction of sp³-hybridized carbons (Fsp3) is 0.250. The summed E-state index contributed by atoms with van der Waals surface area (Å²) in [5.74, 6) is 0.347. The summed E-state index contributed by atoms with van der Waals surface area (Å²) in [7, 11) is -1.29. The number of hydrogen-bond donors (Lipinski definition) is 0. The maximum atomic E-state index is 13.5. The van der Waals surface area contributed by atoms with Crippen molar-refractivity contribution in [2.24, 2.45) is 0 Å². The molecule has 0 aliphatic rings. The standard InChI is InChI=1S/C12H11ClFNO2S/c1-8-5-9(17-15-8)6-18(16)7-10-11(13)3-2-4-12(10)14/h2-5H,6-7H2,1H3/t18-/m1/s1. The highest BCUT2D eigenvalue weighted by Gasteiger charge is 2.13. The van der Waals surface area contributed by atoms with Gasteiger partial charge in [-0.1, -0.05) is 22.8 Å².